The number of nitrogens with two attached hydrogens (primary N) is 1. The second-order valence-electron chi connectivity index (χ2n) is 2.42. The summed E-state index contributed by atoms with van der Waals surface area (Å²) in [6, 6.07) is 2.19. The van der Waals surface area contributed by atoms with E-state index in [2.05, 4.69) is 4.98 Å². The van der Waals surface area contributed by atoms with Crippen molar-refractivity contribution in [1.82, 2.24) is 4.98 Å². The molecule has 0 aromatic carbocycles. The van der Waals surface area contributed by atoms with E-state index in [0.29, 0.717) is 5.56 Å². The average molecular weight is 211 g/mol. The molecule has 0 saturated carbocycles. The Morgan fingerprint density at radius 2 is 2.00 bits per heavy atom. The van der Waals surface area contributed by atoms with Crippen molar-refractivity contribution in [2.45, 2.75) is 12.1 Å². The van der Waals surface area contributed by atoms with Gasteiger partial charge >= 0.3 is 6.18 Å². The lowest BCUT2D eigenvalue weighted by Gasteiger charge is -2.07. The zero-order valence-corrected chi connectivity index (χ0v) is 7.15. The Balaban J connectivity index is 3.16. The summed E-state index contributed by atoms with van der Waals surface area (Å²) in [5, 5.41) is 0. The Hall–Kier alpha value is -0.970. The SMILES string of the molecule is Nc1cc(CCl)cc(C(F)(F)F)n1. The van der Waals surface area contributed by atoms with Crippen molar-refractivity contribution >= 4 is 17.4 Å². The lowest BCUT2D eigenvalue weighted by molar-refractivity contribution is -0.141. The fraction of sp³-hybridized carbons (Fsp3) is 0.286. The van der Waals surface area contributed by atoms with Crippen LogP contribution in [0.4, 0.5) is 19.0 Å². The van der Waals surface area contributed by atoms with Gasteiger partial charge in [0.2, 0.25) is 0 Å². The molecule has 2 nitrogen and oxygen atoms in total. The highest BCUT2D eigenvalue weighted by Gasteiger charge is 2.32. The summed E-state index contributed by atoms with van der Waals surface area (Å²) in [6.45, 7) is 0. The molecule has 0 aliphatic carbocycles. The number of aromatic nitrogens is 1. The quantitative estimate of drug-likeness (QED) is 0.723. The standard InChI is InChI=1S/C7H6ClF3N2/c8-3-4-1-5(7(9,10)11)13-6(12)2-4/h1-2H,3H2,(H2,12,13). The summed E-state index contributed by atoms with van der Waals surface area (Å²) >= 11 is 5.37. The van der Waals surface area contributed by atoms with Crippen LogP contribution in [0.15, 0.2) is 12.1 Å². The zero-order valence-electron chi connectivity index (χ0n) is 6.40. The molecule has 2 N–H and O–H groups in total. The van der Waals surface area contributed by atoms with Crippen LogP contribution in [-0.2, 0) is 12.1 Å². The molecule has 0 amide bonds. The van der Waals surface area contributed by atoms with Crippen molar-refractivity contribution in [3.05, 3.63) is 23.4 Å². The Bertz CT molecular complexity index is 311. The van der Waals surface area contributed by atoms with Crippen molar-refractivity contribution in [3.63, 3.8) is 0 Å². The van der Waals surface area contributed by atoms with E-state index in [-0.39, 0.29) is 11.7 Å². The second kappa shape index (κ2) is 3.41. The molecule has 0 aliphatic heterocycles. The largest absolute Gasteiger partial charge is 0.433 e. The third kappa shape index (κ3) is 2.48. The van der Waals surface area contributed by atoms with E-state index in [1.807, 2.05) is 0 Å². The van der Waals surface area contributed by atoms with Crippen molar-refractivity contribution in [1.29, 1.82) is 0 Å². The fourth-order valence-electron chi connectivity index (χ4n) is 0.833. The monoisotopic (exact) mass is 210 g/mol. The molecule has 0 unspecified atom stereocenters. The molecule has 13 heavy (non-hydrogen) atoms. The normalized spacial score (nSPS) is 11.7. The van der Waals surface area contributed by atoms with Crippen LogP contribution in [-0.4, -0.2) is 4.98 Å². The number of hydrogen-bond donors (Lipinski definition) is 1. The zero-order chi connectivity index (χ0) is 10.1. The Morgan fingerprint density at radius 1 is 1.38 bits per heavy atom. The number of halogens is 4. The number of anilines is 1. The van der Waals surface area contributed by atoms with Gasteiger partial charge in [-0.2, -0.15) is 13.2 Å². The molecule has 0 saturated heterocycles. The summed E-state index contributed by atoms with van der Waals surface area (Å²) in [5.74, 6) is -0.194. The molecular weight excluding hydrogens is 205 g/mol. The molecule has 0 fully saturated rings. The molecule has 1 rings (SSSR count). The maximum Gasteiger partial charge on any atom is 0.433 e. The highest BCUT2D eigenvalue weighted by molar-refractivity contribution is 6.17. The van der Waals surface area contributed by atoms with Crippen molar-refractivity contribution in [2.75, 3.05) is 5.73 Å². The van der Waals surface area contributed by atoms with Gasteiger partial charge in [-0.3, -0.25) is 0 Å². The topological polar surface area (TPSA) is 38.9 Å². The van der Waals surface area contributed by atoms with Crippen LogP contribution in [0.5, 0.6) is 0 Å². The first-order valence-electron chi connectivity index (χ1n) is 3.33. The molecule has 0 aliphatic rings. The van der Waals surface area contributed by atoms with Crippen LogP contribution in [0, 0.1) is 0 Å². The minimum atomic E-state index is -4.48. The first-order chi connectivity index (χ1) is 5.93. The maximum absolute atomic E-state index is 12.1. The smallest absolute Gasteiger partial charge is 0.384 e. The van der Waals surface area contributed by atoms with Gasteiger partial charge in [0, 0.05) is 5.88 Å². The molecule has 72 valence electrons. The van der Waals surface area contributed by atoms with Crippen LogP contribution in [0.2, 0.25) is 0 Å². The molecular formula is C7H6ClF3N2. The van der Waals surface area contributed by atoms with Gasteiger partial charge in [-0.05, 0) is 17.7 Å². The van der Waals surface area contributed by atoms with E-state index in [1.54, 1.807) is 0 Å². The molecule has 0 bridgehead atoms. The van der Waals surface area contributed by atoms with Gasteiger partial charge in [-0.25, -0.2) is 4.98 Å². The fourth-order valence-corrected chi connectivity index (χ4v) is 0.988. The Morgan fingerprint density at radius 3 is 2.46 bits per heavy atom. The number of alkyl halides is 4. The molecule has 6 heteroatoms. The van der Waals surface area contributed by atoms with Crippen LogP contribution < -0.4 is 5.73 Å². The lowest BCUT2D eigenvalue weighted by Crippen LogP contribution is -2.10. The van der Waals surface area contributed by atoms with Gasteiger partial charge in [-0.1, -0.05) is 0 Å². The summed E-state index contributed by atoms with van der Waals surface area (Å²) in [4.78, 5) is 3.15. The number of rotatable bonds is 1. The maximum atomic E-state index is 12.1. The highest BCUT2D eigenvalue weighted by Crippen LogP contribution is 2.29. The Kier molecular flexibility index (Phi) is 2.66. The first-order valence-corrected chi connectivity index (χ1v) is 3.86. The van der Waals surface area contributed by atoms with E-state index in [0.717, 1.165) is 6.07 Å². The van der Waals surface area contributed by atoms with E-state index >= 15 is 0 Å². The van der Waals surface area contributed by atoms with Crippen molar-refractivity contribution in [3.8, 4) is 0 Å². The first kappa shape index (κ1) is 10.1. The highest BCUT2D eigenvalue weighted by atomic mass is 35.5. The second-order valence-corrected chi connectivity index (χ2v) is 2.68. The summed E-state index contributed by atoms with van der Waals surface area (Å²) < 4.78 is 36.4. The molecule has 1 aromatic rings. The van der Waals surface area contributed by atoms with E-state index in [9.17, 15) is 13.2 Å². The molecule has 0 atom stereocenters. The number of nitrogens with zero attached hydrogens (tertiary/aromatic N) is 1. The predicted octanol–water partition coefficient (Wildman–Crippen LogP) is 2.42. The third-order valence-electron chi connectivity index (χ3n) is 1.35. The van der Waals surface area contributed by atoms with Gasteiger partial charge in [0.25, 0.3) is 0 Å². The van der Waals surface area contributed by atoms with E-state index in [4.69, 9.17) is 17.3 Å². The number of hydrogen-bond acceptors (Lipinski definition) is 2. The van der Waals surface area contributed by atoms with E-state index < -0.39 is 11.9 Å². The minimum absolute atomic E-state index is 0.0181. The molecule has 1 heterocycles. The van der Waals surface area contributed by atoms with Crippen LogP contribution in [0.3, 0.4) is 0 Å². The molecule has 0 radical (unpaired) electrons. The van der Waals surface area contributed by atoms with Gasteiger partial charge in [-0.15, -0.1) is 11.6 Å². The summed E-state index contributed by atoms with van der Waals surface area (Å²) in [6.07, 6.45) is -4.48. The van der Waals surface area contributed by atoms with Crippen LogP contribution >= 0.6 is 11.6 Å². The predicted molar refractivity (Wildman–Crippen MR) is 43.2 cm³/mol. The Labute approximate surface area is 77.5 Å². The molecule has 0 spiro atoms. The number of nitrogen functional groups attached to an aromatic ring is 1. The summed E-state index contributed by atoms with van der Waals surface area (Å²) in [7, 11) is 0. The van der Waals surface area contributed by atoms with Crippen LogP contribution in [0.25, 0.3) is 0 Å². The molecule has 1 aromatic heterocycles. The van der Waals surface area contributed by atoms with Gasteiger partial charge < -0.3 is 5.73 Å². The van der Waals surface area contributed by atoms with E-state index in [1.165, 1.54) is 6.07 Å². The summed E-state index contributed by atoms with van der Waals surface area (Å²) in [5.41, 5.74) is 4.46. The van der Waals surface area contributed by atoms with Gasteiger partial charge in [0.1, 0.15) is 11.5 Å². The minimum Gasteiger partial charge on any atom is -0.384 e. The van der Waals surface area contributed by atoms with Crippen LogP contribution in [0.1, 0.15) is 11.3 Å². The van der Waals surface area contributed by atoms with Gasteiger partial charge in [0.15, 0.2) is 0 Å². The third-order valence-corrected chi connectivity index (χ3v) is 1.66. The van der Waals surface area contributed by atoms with Crippen molar-refractivity contribution < 1.29 is 13.2 Å². The van der Waals surface area contributed by atoms with Crippen molar-refractivity contribution in [2.24, 2.45) is 0 Å². The number of pyridine rings is 1. The van der Waals surface area contributed by atoms with Gasteiger partial charge in [0.05, 0.1) is 0 Å². The lowest BCUT2D eigenvalue weighted by atomic mass is 10.2. The average Bonchev–Trinajstić information content (AvgIpc) is 2.01.